The van der Waals surface area contributed by atoms with Crippen molar-refractivity contribution in [2.24, 2.45) is 0 Å². The molecule has 0 radical (unpaired) electrons. The van der Waals surface area contributed by atoms with Gasteiger partial charge in [-0.3, -0.25) is 9.88 Å². The molecule has 2 saturated heterocycles. The molecule has 3 atom stereocenters. The van der Waals surface area contributed by atoms with Gasteiger partial charge in [0.2, 0.25) is 0 Å². The maximum atomic E-state index is 4.12. The van der Waals surface area contributed by atoms with Crippen LogP contribution in [0.15, 0.2) is 24.5 Å². The second-order valence-corrected chi connectivity index (χ2v) is 5.75. The van der Waals surface area contributed by atoms with Crippen LogP contribution in [0, 0.1) is 0 Å². The number of pyridine rings is 1. The normalized spacial score (nSPS) is 33.6. The fraction of sp³-hybridized carbons (Fsp3) is 0.667. The summed E-state index contributed by atoms with van der Waals surface area (Å²) in [5.41, 5.74) is 1.41. The molecule has 0 amide bonds. The molecule has 0 saturated carbocycles. The average molecular weight is 245 g/mol. The summed E-state index contributed by atoms with van der Waals surface area (Å²) >= 11 is 0. The van der Waals surface area contributed by atoms with E-state index in [1.165, 1.54) is 31.2 Å². The Hall–Kier alpha value is -0.930. The number of hydrogen-bond donors (Lipinski definition) is 1. The first-order valence-electron chi connectivity index (χ1n) is 7.14. The molecule has 2 aliphatic rings. The lowest BCUT2D eigenvalue weighted by molar-refractivity contribution is 0.0788. The Morgan fingerprint density at radius 1 is 1.22 bits per heavy atom. The highest BCUT2D eigenvalue weighted by atomic mass is 15.3. The van der Waals surface area contributed by atoms with Crippen molar-refractivity contribution in [2.45, 2.75) is 56.8 Å². The smallest absolute Gasteiger partial charge is 0.0326 e. The van der Waals surface area contributed by atoms with Crippen molar-refractivity contribution >= 4 is 0 Å². The van der Waals surface area contributed by atoms with E-state index in [0.717, 1.165) is 18.1 Å². The van der Waals surface area contributed by atoms with E-state index in [4.69, 9.17) is 0 Å². The fourth-order valence-corrected chi connectivity index (χ4v) is 3.90. The van der Waals surface area contributed by atoms with Crippen LogP contribution >= 0.6 is 0 Å². The zero-order chi connectivity index (χ0) is 12.5. The molecule has 2 bridgehead atoms. The van der Waals surface area contributed by atoms with Gasteiger partial charge in [0.1, 0.15) is 0 Å². The van der Waals surface area contributed by atoms with Gasteiger partial charge in [0.05, 0.1) is 0 Å². The number of fused-ring (bicyclic) bond motifs is 2. The SMILES string of the molecule is CNC1CC2CCC(C1)N2C(C)c1ccncc1. The van der Waals surface area contributed by atoms with Crippen LogP contribution in [-0.4, -0.2) is 35.1 Å². The minimum atomic E-state index is 0.531. The van der Waals surface area contributed by atoms with Crippen LogP contribution < -0.4 is 5.32 Å². The van der Waals surface area contributed by atoms with E-state index >= 15 is 0 Å². The maximum absolute atomic E-state index is 4.12. The zero-order valence-electron chi connectivity index (χ0n) is 11.3. The quantitative estimate of drug-likeness (QED) is 0.886. The van der Waals surface area contributed by atoms with Gasteiger partial charge in [0.25, 0.3) is 0 Å². The molecule has 2 aliphatic heterocycles. The van der Waals surface area contributed by atoms with Crippen molar-refractivity contribution < 1.29 is 0 Å². The van der Waals surface area contributed by atoms with Crippen LogP contribution in [0.2, 0.25) is 0 Å². The molecule has 1 N–H and O–H groups in total. The predicted molar refractivity (Wildman–Crippen MR) is 73.4 cm³/mol. The molecule has 98 valence electrons. The highest BCUT2D eigenvalue weighted by Gasteiger charge is 2.42. The summed E-state index contributed by atoms with van der Waals surface area (Å²) in [6.07, 6.45) is 9.18. The number of rotatable bonds is 3. The van der Waals surface area contributed by atoms with E-state index in [1.54, 1.807) is 0 Å². The van der Waals surface area contributed by atoms with Crippen LogP contribution in [-0.2, 0) is 0 Å². The minimum Gasteiger partial charge on any atom is -0.317 e. The highest BCUT2D eigenvalue weighted by molar-refractivity contribution is 5.16. The first-order valence-corrected chi connectivity index (χ1v) is 7.14. The Morgan fingerprint density at radius 2 is 1.83 bits per heavy atom. The van der Waals surface area contributed by atoms with Crippen LogP contribution in [0.4, 0.5) is 0 Å². The van der Waals surface area contributed by atoms with Gasteiger partial charge in [-0.05, 0) is 57.4 Å². The third-order valence-corrected chi connectivity index (χ3v) is 4.83. The molecule has 3 heterocycles. The largest absolute Gasteiger partial charge is 0.317 e. The van der Waals surface area contributed by atoms with E-state index in [9.17, 15) is 0 Å². The van der Waals surface area contributed by atoms with E-state index in [-0.39, 0.29) is 0 Å². The number of piperidine rings is 1. The van der Waals surface area contributed by atoms with Crippen molar-refractivity contribution in [3.05, 3.63) is 30.1 Å². The summed E-state index contributed by atoms with van der Waals surface area (Å²) in [6, 6.07) is 7.11. The molecule has 0 aliphatic carbocycles. The summed E-state index contributed by atoms with van der Waals surface area (Å²) < 4.78 is 0. The Labute approximate surface area is 110 Å². The topological polar surface area (TPSA) is 28.2 Å². The molecule has 18 heavy (non-hydrogen) atoms. The lowest BCUT2D eigenvalue weighted by atomic mass is 9.94. The molecule has 3 nitrogen and oxygen atoms in total. The summed E-state index contributed by atoms with van der Waals surface area (Å²) in [5.74, 6) is 0. The van der Waals surface area contributed by atoms with Gasteiger partial charge < -0.3 is 5.32 Å². The van der Waals surface area contributed by atoms with E-state index in [2.05, 4.69) is 41.3 Å². The van der Waals surface area contributed by atoms with Gasteiger partial charge in [0, 0.05) is 36.6 Å². The van der Waals surface area contributed by atoms with Gasteiger partial charge in [-0.1, -0.05) is 0 Å². The highest BCUT2D eigenvalue weighted by Crippen LogP contribution is 2.41. The molecule has 3 unspecified atom stereocenters. The minimum absolute atomic E-state index is 0.531. The van der Waals surface area contributed by atoms with Crippen LogP contribution in [0.3, 0.4) is 0 Å². The van der Waals surface area contributed by atoms with Crippen molar-refractivity contribution in [2.75, 3.05) is 7.05 Å². The Morgan fingerprint density at radius 3 is 2.39 bits per heavy atom. The second kappa shape index (κ2) is 4.98. The van der Waals surface area contributed by atoms with Crippen molar-refractivity contribution in [1.82, 2.24) is 15.2 Å². The van der Waals surface area contributed by atoms with E-state index < -0.39 is 0 Å². The number of hydrogen-bond acceptors (Lipinski definition) is 3. The Bertz CT molecular complexity index is 378. The monoisotopic (exact) mass is 245 g/mol. The van der Waals surface area contributed by atoms with Crippen LogP contribution in [0.1, 0.15) is 44.2 Å². The zero-order valence-corrected chi connectivity index (χ0v) is 11.3. The molecular weight excluding hydrogens is 222 g/mol. The van der Waals surface area contributed by atoms with Crippen LogP contribution in [0.25, 0.3) is 0 Å². The van der Waals surface area contributed by atoms with Gasteiger partial charge in [-0.2, -0.15) is 0 Å². The molecule has 2 fully saturated rings. The molecule has 3 rings (SSSR count). The van der Waals surface area contributed by atoms with Crippen molar-refractivity contribution in [3.8, 4) is 0 Å². The Kier molecular flexibility index (Phi) is 3.35. The molecular formula is C15H23N3. The number of aromatic nitrogens is 1. The molecule has 1 aromatic rings. The summed E-state index contributed by atoms with van der Waals surface area (Å²) in [5, 5.41) is 3.47. The first-order chi connectivity index (χ1) is 8.79. The number of nitrogens with zero attached hydrogens (tertiary/aromatic N) is 2. The van der Waals surface area contributed by atoms with Crippen molar-refractivity contribution in [1.29, 1.82) is 0 Å². The summed E-state index contributed by atoms with van der Waals surface area (Å²) in [7, 11) is 2.10. The molecule has 0 aromatic carbocycles. The summed E-state index contributed by atoms with van der Waals surface area (Å²) in [4.78, 5) is 6.88. The van der Waals surface area contributed by atoms with Gasteiger partial charge >= 0.3 is 0 Å². The standard InChI is InChI=1S/C15H23N3/c1-11(12-5-7-17-8-6-12)18-14-3-4-15(18)10-13(9-14)16-2/h5-8,11,13-16H,3-4,9-10H2,1-2H3. The lowest BCUT2D eigenvalue weighted by Gasteiger charge is -2.42. The Balaban J connectivity index is 1.78. The van der Waals surface area contributed by atoms with Crippen molar-refractivity contribution in [3.63, 3.8) is 0 Å². The van der Waals surface area contributed by atoms with E-state index in [0.29, 0.717) is 6.04 Å². The molecule has 1 aromatic heterocycles. The average Bonchev–Trinajstić information content (AvgIpc) is 2.69. The van der Waals surface area contributed by atoms with Gasteiger partial charge in [0.15, 0.2) is 0 Å². The van der Waals surface area contributed by atoms with Gasteiger partial charge in [-0.15, -0.1) is 0 Å². The fourth-order valence-electron chi connectivity index (χ4n) is 3.90. The molecule has 3 heteroatoms. The van der Waals surface area contributed by atoms with Crippen LogP contribution in [0.5, 0.6) is 0 Å². The summed E-state index contributed by atoms with van der Waals surface area (Å²) in [6.45, 7) is 2.35. The predicted octanol–water partition coefficient (Wildman–Crippen LogP) is 2.36. The first kappa shape index (κ1) is 12.1. The second-order valence-electron chi connectivity index (χ2n) is 5.75. The maximum Gasteiger partial charge on any atom is 0.0326 e. The number of nitrogens with one attached hydrogen (secondary N) is 1. The lowest BCUT2D eigenvalue weighted by Crippen LogP contribution is -2.49. The third-order valence-electron chi connectivity index (χ3n) is 4.83. The third kappa shape index (κ3) is 2.06. The van der Waals surface area contributed by atoms with E-state index in [1.807, 2.05) is 12.4 Å². The van der Waals surface area contributed by atoms with Gasteiger partial charge in [-0.25, -0.2) is 0 Å². The molecule has 0 spiro atoms.